The highest BCUT2D eigenvalue weighted by Crippen LogP contribution is 2.35. The Bertz CT molecular complexity index is 1150. The molecule has 11 nitrogen and oxygen atoms in total. The molecule has 5 atom stereocenters. The van der Waals surface area contributed by atoms with Gasteiger partial charge in [-0.25, -0.2) is 23.4 Å². The molecule has 1 aromatic carbocycles. The Morgan fingerprint density at radius 1 is 1.14 bits per heavy atom. The van der Waals surface area contributed by atoms with Crippen molar-refractivity contribution in [1.29, 1.82) is 0 Å². The maximum absolute atomic E-state index is 12.8. The minimum atomic E-state index is -4.25. The van der Waals surface area contributed by atoms with E-state index in [1.807, 2.05) is 0 Å². The van der Waals surface area contributed by atoms with Crippen molar-refractivity contribution in [2.45, 2.75) is 41.8 Å². The Kier molecular flexibility index (Phi) is 4.75. The minimum Gasteiger partial charge on any atom is -0.387 e. The molecule has 0 spiro atoms. The van der Waals surface area contributed by atoms with Gasteiger partial charge in [0.1, 0.15) is 30.2 Å². The van der Waals surface area contributed by atoms with E-state index in [1.54, 1.807) is 19.1 Å². The second kappa shape index (κ2) is 7.00. The molecule has 1 fully saturated rings. The molecule has 0 radical (unpaired) electrons. The van der Waals surface area contributed by atoms with Crippen molar-refractivity contribution in [3.63, 3.8) is 0 Å². The average Bonchev–Trinajstić information content (AvgIpc) is 3.24. The Morgan fingerprint density at radius 3 is 2.52 bits per heavy atom. The number of fused-ring (bicyclic) bond motifs is 1. The van der Waals surface area contributed by atoms with E-state index in [4.69, 9.17) is 10.5 Å². The summed E-state index contributed by atoms with van der Waals surface area (Å²) in [5.41, 5.74) is 4.97. The molecule has 5 unspecified atom stereocenters. The van der Waals surface area contributed by atoms with E-state index in [0.29, 0.717) is 0 Å². The molecule has 154 valence electrons. The molecule has 4 rings (SSSR count). The van der Waals surface area contributed by atoms with Crippen LogP contribution in [0.3, 0.4) is 0 Å². The molecule has 1 saturated heterocycles. The number of nitrogen functional groups attached to an aromatic ring is 1. The van der Waals surface area contributed by atoms with Crippen molar-refractivity contribution in [1.82, 2.24) is 19.5 Å². The van der Waals surface area contributed by atoms with Crippen LogP contribution in [0.1, 0.15) is 11.8 Å². The van der Waals surface area contributed by atoms with Gasteiger partial charge in [-0.15, -0.1) is 0 Å². The third kappa shape index (κ3) is 3.14. The van der Waals surface area contributed by atoms with E-state index in [0.717, 1.165) is 5.56 Å². The van der Waals surface area contributed by atoms with Gasteiger partial charge in [-0.2, -0.15) is 0 Å². The molecule has 3 aromatic rings. The summed E-state index contributed by atoms with van der Waals surface area (Å²) in [5, 5.41) is 31.3. The van der Waals surface area contributed by atoms with Crippen LogP contribution in [0.4, 0.5) is 5.82 Å². The zero-order valence-corrected chi connectivity index (χ0v) is 16.0. The summed E-state index contributed by atoms with van der Waals surface area (Å²) in [6, 6.07) is 5.88. The molecule has 0 bridgehead atoms. The highest BCUT2D eigenvalue weighted by atomic mass is 32.2. The third-order valence-electron chi connectivity index (χ3n) is 4.88. The van der Waals surface area contributed by atoms with E-state index < -0.39 is 39.8 Å². The van der Waals surface area contributed by atoms with Crippen molar-refractivity contribution < 1.29 is 28.5 Å². The summed E-state index contributed by atoms with van der Waals surface area (Å²) in [5.74, 6) is 0.111. The number of anilines is 1. The average molecular weight is 421 g/mol. The van der Waals surface area contributed by atoms with Crippen molar-refractivity contribution in [2.75, 3.05) is 5.73 Å². The van der Waals surface area contributed by atoms with Crippen LogP contribution in [0.15, 0.2) is 41.8 Å². The third-order valence-corrected chi connectivity index (χ3v) is 6.72. The summed E-state index contributed by atoms with van der Waals surface area (Å²) in [4.78, 5) is 11.8. The lowest BCUT2D eigenvalue weighted by atomic mass is 10.1. The Hall–Kier alpha value is -2.64. The van der Waals surface area contributed by atoms with Crippen LogP contribution in [0, 0.1) is 6.92 Å². The van der Waals surface area contributed by atoms with Crippen LogP contribution >= 0.6 is 0 Å². The van der Waals surface area contributed by atoms with E-state index in [2.05, 4.69) is 15.0 Å². The number of sulfone groups is 1. The van der Waals surface area contributed by atoms with Gasteiger partial charge in [0, 0.05) is 0 Å². The number of aryl methyl sites for hydroxylation is 1. The zero-order chi connectivity index (χ0) is 20.9. The van der Waals surface area contributed by atoms with Crippen molar-refractivity contribution in [3.8, 4) is 0 Å². The minimum absolute atomic E-state index is 0.111. The summed E-state index contributed by atoms with van der Waals surface area (Å²) < 4.78 is 32.4. The monoisotopic (exact) mass is 421 g/mol. The first-order chi connectivity index (χ1) is 13.7. The van der Waals surface area contributed by atoms with Gasteiger partial charge >= 0.3 is 0 Å². The number of benzene rings is 1. The van der Waals surface area contributed by atoms with Gasteiger partial charge < -0.3 is 25.8 Å². The van der Waals surface area contributed by atoms with Crippen LogP contribution in [0.5, 0.6) is 0 Å². The van der Waals surface area contributed by atoms with Gasteiger partial charge in [0.25, 0.3) is 0 Å². The van der Waals surface area contributed by atoms with Gasteiger partial charge in [-0.3, -0.25) is 4.57 Å². The molecule has 12 heteroatoms. The number of nitrogens with zero attached hydrogens (tertiary/aromatic N) is 4. The Morgan fingerprint density at radius 2 is 1.83 bits per heavy atom. The number of rotatable bonds is 4. The SMILES string of the molecule is Cc1ccc(S(=O)(=O)C(O)C2OC(n3cnc4c(N)ncnc43)C(O)C2O)cc1. The Labute approximate surface area is 165 Å². The fourth-order valence-corrected chi connectivity index (χ4v) is 4.62. The number of hydrogen-bond donors (Lipinski definition) is 4. The first-order valence-electron chi connectivity index (χ1n) is 8.65. The lowest BCUT2D eigenvalue weighted by Gasteiger charge is -2.21. The predicted octanol–water partition coefficient (Wildman–Crippen LogP) is -0.872. The molecule has 1 aliphatic heterocycles. The van der Waals surface area contributed by atoms with Crippen LogP contribution in [0.25, 0.3) is 11.2 Å². The summed E-state index contributed by atoms with van der Waals surface area (Å²) in [7, 11) is -4.25. The van der Waals surface area contributed by atoms with Crippen molar-refractivity contribution in [2.24, 2.45) is 0 Å². The number of nitrogens with two attached hydrogens (primary N) is 1. The van der Waals surface area contributed by atoms with Gasteiger partial charge in [-0.05, 0) is 19.1 Å². The Balaban J connectivity index is 1.66. The van der Waals surface area contributed by atoms with E-state index >= 15 is 0 Å². The molecular formula is C17H19N5O6S. The van der Waals surface area contributed by atoms with Gasteiger partial charge in [-0.1, -0.05) is 17.7 Å². The molecule has 0 aliphatic carbocycles. The molecule has 29 heavy (non-hydrogen) atoms. The van der Waals surface area contributed by atoms with Crippen LogP contribution < -0.4 is 5.73 Å². The smallest absolute Gasteiger partial charge is 0.207 e. The molecule has 0 amide bonds. The van der Waals surface area contributed by atoms with Crippen molar-refractivity contribution >= 4 is 26.8 Å². The molecule has 1 aliphatic rings. The molecular weight excluding hydrogens is 402 g/mol. The predicted molar refractivity (Wildman–Crippen MR) is 100 cm³/mol. The molecule has 3 heterocycles. The first-order valence-corrected chi connectivity index (χ1v) is 10.2. The van der Waals surface area contributed by atoms with Crippen LogP contribution in [0.2, 0.25) is 0 Å². The van der Waals surface area contributed by atoms with E-state index in [9.17, 15) is 23.7 Å². The quantitative estimate of drug-likeness (QED) is 0.414. The summed E-state index contributed by atoms with van der Waals surface area (Å²) >= 11 is 0. The van der Waals surface area contributed by atoms with E-state index in [1.165, 1.54) is 29.4 Å². The molecule has 2 aromatic heterocycles. The highest BCUT2D eigenvalue weighted by molar-refractivity contribution is 7.92. The number of imidazole rings is 1. The summed E-state index contributed by atoms with van der Waals surface area (Å²) in [6.07, 6.45) is -3.58. The van der Waals surface area contributed by atoms with Gasteiger partial charge in [0.2, 0.25) is 9.84 Å². The first kappa shape index (κ1) is 19.7. The fraction of sp³-hybridized carbons (Fsp3) is 0.353. The molecule has 5 N–H and O–H groups in total. The number of ether oxygens (including phenoxy) is 1. The standard InChI is InChI=1S/C17H19N5O6S/c1-8-2-4-9(5-3-8)29(26,27)17(25)13-11(23)12(24)16(28-13)22-7-21-10-14(18)19-6-20-15(10)22/h2-7,11-13,16-17,23-25H,1H3,(H2,18,19,20). The van der Waals surface area contributed by atoms with Crippen molar-refractivity contribution in [3.05, 3.63) is 42.5 Å². The lowest BCUT2D eigenvalue weighted by Crippen LogP contribution is -2.42. The number of aromatic nitrogens is 4. The van der Waals surface area contributed by atoms with Gasteiger partial charge in [0.05, 0.1) is 11.2 Å². The second-order valence-electron chi connectivity index (χ2n) is 6.80. The number of aliphatic hydroxyl groups is 3. The maximum atomic E-state index is 12.8. The van der Waals surface area contributed by atoms with Crippen LogP contribution in [-0.2, 0) is 14.6 Å². The lowest BCUT2D eigenvalue weighted by molar-refractivity contribution is -0.0615. The second-order valence-corrected chi connectivity index (χ2v) is 8.85. The number of hydrogen-bond acceptors (Lipinski definition) is 10. The number of aliphatic hydroxyl groups excluding tert-OH is 3. The van der Waals surface area contributed by atoms with E-state index in [-0.39, 0.29) is 21.9 Å². The van der Waals surface area contributed by atoms with Crippen LogP contribution in [-0.4, -0.2) is 67.0 Å². The fourth-order valence-electron chi connectivity index (χ4n) is 3.25. The maximum Gasteiger partial charge on any atom is 0.207 e. The largest absolute Gasteiger partial charge is 0.387 e. The van der Waals surface area contributed by atoms with Gasteiger partial charge in [0.15, 0.2) is 23.1 Å². The topological polar surface area (TPSA) is 174 Å². The zero-order valence-electron chi connectivity index (χ0n) is 15.2. The highest BCUT2D eigenvalue weighted by Gasteiger charge is 2.51. The normalized spacial score (nSPS) is 26.1. The molecule has 0 saturated carbocycles. The summed E-state index contributed by atoms with van der Waals surface area (Å²) in [6.45, 7) is 1.80.